The SMILES string of the molecule is CC(OC(=O)/C=C/c1cccs1)C(=O)Nc1ccc2c(c1)C(=O)c1ccccc1C2=O. The number of nitrogens with one attached hydrogen (secondary N) is 1. The maximum atomic E-state index is 12.8. The van der Waals surface area contributed by atoms with Crippen molar-refractivity contribution in [1.29, 1.82) is 0 Å². The van der Waals surface area contributed by atoms with Crippen LogP contribution in [0.25, 0.3) is 6.08 Å². The van der Waals surface area contributed by atoms with Crippen LogP contribution in [-0.4, -0.2) is 29.5 Å². The summed E-state index contributed by atoms with van der Waals surface area (Å²) in [7, 11) is 0. The van der Waals surface area contributed by atoms with Gasteiger partial charge in [0.25, 0.3) is 5.91 Å². The van der Waals surface area contributed by atoms with E-state index in [0.29, 0.717) is 22.4 Å². The summed E-state index contributed by atoms with van der Waals surface area (Å²) in [5.41, 5.74) is 1.56. The number of anilines is 1. The van der Waals surface area contributed by atoms with Gasteiger partial charge in [0.2, 0.25) is 0 Å². The zero-order valence-corrected chi connectivity index (χ0v) is 17.3. The zero-order chi connectivity index (χ0) is 22.0. The first-order chi connectivity index (χ1) is 14.9. The van der Waals surface area contributed by atoms with Crippen molar-refractivity contribution in [2.45, 2.75) is 13.0 Å². The molecular formula is C24H17NO5S. The molecule has 0 aliphatic heterocycles. The molecule has 31 heavy (non-hydrogen) atoms. The van der Waals surface area contributed by atoms with Crippen LogP contribution in [0.3, 0.4) is 0 Å². The fourth-order valence-electron chi connectivity index (χ4n) is 3.22. The molecule has 0 spiro atoms. The molecular weight excluding hydrogens is 414 g/mol. The third-order valence-corrected chi connectivity index (χ3v) is 5.62. The van der Waals surface area contributed by atoms with Crippen molar-refractivity contribution in [1.82, 2.24) is 0 Å². The van der Waals surface area contributed by atoms with Crippen LogP contribution in [0.2, 0.25) is 0 Å². The lowest BCUT2D eigenvalue weighted by molar-refractivity contribution is -0.148. The van der Waals surface area contributed by atoms with Crippen molar-refractivity contribution >= 4 is 46.5 Å². The van der Waals surface area contributed by atoms with E-state index in [-0.39, 0.29) is 17.1 Å². The Balaban J connectivity index is 1.45. The van der Waals surface area contributed by atoms with Crippen LogP contribution in [0, 0.1) is 0 Å². The highest BCUT2D eigenvalue weighted by Gasteiger charge is 2.29. The summed E-state index contributed by atoms with van der Waals surface area (Å²) in [4.78, 5) is 50.7. The first-order valence-corrected chi connectivity index (χ1v) is 10.4. The van der Waals surface area contributed by atoms with E-state index in [9.17, 15) is 19.2 Å². The maximum Gasteiger partial charge on any atom is 0.331 e. The number of benzene rings is 2. The highest BCUT2D eigenvalue weighted by Crippen LogP contribution is 2.29. The predicted molar refractivity (Wildman–Crippen MR) is 117 cm³/mol. The van der Waals surface area contributed by atoms with E-state index in [0.717, 1.165) is 4.88 Å². The van der Waals surface area contributed by atoms with E-state index in [1.807, 2.05) is 17.5 Å². The minimum atomic E-state index is -1.05. The molecule has 1 unspecified atom stereocenters. The molecule has 1 aromatic heterocycles. The molecule has 0 saturated carbocycles. The monoisotopic (exact) mass is 431 g/mol. The van der Waals surface area contributed by atoms with Crippen molar-refractivity contribution in [3.05, 3.63) is 93.2 Å². The number of ketones is 2. The van der Waals surface area contributed by atoms with E-state index < -0.39 is 18.0 Å². The Morgan fingerprint density at radius 1 is 0.935 bits per heavy atom. The van der Waals surface area contributed by atoms with Crippen LogP contribution in [0.5, 0.6) is 0 Å². The Morgan fingerprint density at radius 2 is 1.61 bits per heavy atom. The van der Waals surface area contributed by atoms with Gasteiger partial charge in [-0.1, -0.05) is 30.3 Å². The number of esters is 1. The second-order valence-electron chi connectivity index (χ2n) is 6.88. The molecule has 3 aromatic rings. The van der Waals surface area contributed by atoms with Gasteiger partial charge in [0, 0.05) is 38.9 Å². The molecule has 1 atom stereocenters. The van der Waals surface area contributed by atoms with Gasteiger partial charge in [-0.25, -0.2) is 4.79 Å². The lowest BCUT2D eigenvalue weighted by atomic mass is 9.84. The summed E-state index contributed by atoms with van der Waals surface area (Å²) in [6.07, 6.45) is 1.83. The molecule has 1 amide bonds. The second kappa shape index (κ2) is 8.49. The van der Waals surface area contributed by atoms with E-state index in [2.05, 4.69) is 5.32 Å². The van der Waals surface area contributed by atoms with Crippen molar-refractivity contribution in [3.63, 3.8) is 0 Å². The van der Waals surface area contributed by atoms with Crippen LogP contribution >= 0.6 is 11.3 Å². The average Bonchev–Trinajstić information content (AvgIpc) is 3.30. The summed E-state index contributed by atoms with van der Waals surface area (Å²) in [6, 6.07) is 14.9. The molecule has 1 aliphatic rings. The van der Waals surface area contributed by atoms with Crippen LogP contribution < -0.4 is 5.32 Å². The van der Waals surface area contributed by atoms with E-state index in [1.165, 1.54) is 36.5 Å². The highest BCUT2D eigenvalue weighted by atomic mass is 32.1. The van der Waals surface area contributed by atoms with Crippen molar-refractivity contribution in [3.8, 4) is 0 Å². The average molecular weight is 431 g/mol. The summed E-state index contributed by atoms with van der Waals surface area (Å²) in [5, 5.41) is 4.51. The largest absolute Gasteiger partial charge is 0.449 e. The Morgan fingerprint density at radius 3 is 2.29 bits per heavy atom. The van der Waals surface area contributed by atoms with Crippen LogP contribution in [0.1, 0.15) is 43.6 Å². The molecule has 1 heterocycles. The molecule has 1 aliphatic carbocycles. The van der Waals surface area contributed by atoms with E-state index in [4.69, 9.17) is 4.74 Å². The van der Waals surface area contributed by atoms with Gasteiger partial charge in [-0.15, -0.1) is 11.3 Å². The molecule has 7 heteroatoms. The first-order valence-electron chi connectivity index (χ1n) is 9.49. The normalized spacial score (nSPS) is 13.5. The fourth-order valence-corrected chi connectivity index (χ4v) is 3.84. The molecule has 2 aromatic carbocycles. The van der Waals surface area contributed by atoms with Gasteiger partial charge < -0.3 is 10.1 Å². The Kier molecular flexibility index (Phi) is 5.60. The molecule has 0 radical (unpaired) electrons. The third-order valence-electron chi connectivity index (χ3n) is 4.78. The molecule has 4 rings (SSSR count). The number of carbonyl (C=O) groups is 4. The topological polar surface area (TPSA) is 89.5 Å². The fraction of sp³-hybridized carbons (Fsp3) is 0.0833. The smallest absolute Gasteiger partial charge is 0.331 e. The Labute approximate surface area is 182 Å². The van der Waals surface area contributed by atoms with Crippen molar-refractivity contribution in [2.24, 2.45) is 0 Å². The van der Waals surface area contributed by atoms with Gasteiger partial charge in [-0.05, 0) is 42.6 Å². The second-order valence-corrected chi connectivity index (χ2v) is 7.86. The molecule has 6 nitrogen and oxygen atoms in total. The maximum absolute atomic E-state index is 12.8. The minimum absolute atomic E-state index is 0.227. The van der Waals surface area contributed by atoms with Gasteiger partial charge in [0.1, 0.15) is 0 Å². The number of ether oxygens (including phenoxy) is 1. The van der Waals surface area contributed by atoms with Gasteiger partial charge in [0.15, 0.2) is 17.7 Å². The summed E-state index contributed by atoms with van der Waals surface area (Å²) in [5.74, 6) is -1.70. The predicted octanol–water partition coefficient (Wildman–Crippen LogP) is 4.11. The van der Waals surface area contributed by atoms with Gasteiger partial charge in [-0.2, -0.15) is 0 Å². The summed E-state index contributed by atoms with van der Waals surface area (Å²) < 4.78 is 5.13. The van der Waals surface area contributed by atoms with Gasteiger partial charge in [-0.3, -0.25) is 14.4 Å². The zero-order valence-electron chi connectivity index (χ0n) is 16.5. The number of hydrogen-bond acceptors (Lipinski definition) is 6. The lowest BCUT2D eigenvalue weighted by Crippen LogP contribution is -2.29. The van der Waals surface area contributed by atoms with Crippen molar-refractivity contribution in [2.75, 3.05) is 5.32 Å². The number of rotatable bonds is 5. The number of thiophene rings is 1. The van der Waals surface area contributed by atoms with Gasteiger partial charge >= 0.3 is 5.97 Å². The standard InChI is InChI=1S/C24H17NO5S/c1-14(30-21(26)11-9-16-5-4-12-31-16)24(29)25-15-8-10-19-20(13-15)23(28)18-7-3-2-6-17(18)22(19)27/h2-14H,1H3,(H,25,29)/b11-9+. The minimum Gasteiger partial charge on any atom is -0.449 e. The van der Waals surface area contributed by atoms with Crippen LogP contribution in [0.15, 0.2) is 66.1 Å². The van der Waals surface area contributed by atoms with Crippen molar-refractivity contribution < 1.29 is 23.9 Å². The Hall–Kier alpha value is -3.84. The quantitative estimate of drug-likeness (QED) is 0.379. The number of amides is 1. The lowest BCUT2D eigenvalue weighted by Gasteiger charge is -2.18. The number of hydrogen-bond donors (Lipinski definition) is 1. The molecule has 0 bridgehead atoms. The molecule has 0 fully saturated rings. The number of fused-ring (bicyclic) bond motifs is 2. The number of carbonyl (C=O) groups excluding carboxylic acids is 4. The molecule has 1 N–H and O–H groups in total. The summed E-state index contributed by atoms with van der Waals surface area (Å²) >= 11 is 1.47. The first kappa shape index (κ1) is 20.4. The Bertz CT molecular complexity index is 1230. The van der Waals surface area contributed by atoms with Crippen LogP contribution in [-0.2, 0) is 14.3 Å². The van der Waals surface area contributed by atoms with E-state index >= 15 is 0 Å². The molecule has 154 valence electrons. The third kappa shape index (κ3) is 4.22. The van der Waals surface area contributed by atoms with Gasteiger partial charge in [0.05, 0.1) is 0 Å². The van der Waals surface area contributed by atoms with Crippen LogP contribution in [0.4, 0.5) is 5.69 Å². The molecule has 0 saturated heterocycles. The summed E-state index contributed by atoms with van der Waals surface area (Å²) in [6.45, 7) is 1.45. The highest BCUT2D eigenvalue weighted by molar-refractivity contribution is 7.10. The van der Waals surface area contributed by atoms with E-state index in [1.54, 1.807) is 36.4 Å².